The Morgan fingerprint density at radius 1 is 1.00 bits per heavy atom. The van der Waals surface area contributed by atoms with Crippen LogP contribution in [0.2, 0.25) is 0 Å². The van der Waals surface area contributed by atoms with Crippen LogP contribution in [0, 0.1) is 29.1 Å². The summed E-state index contributed by atoms with van der Waals surface area (Å²) in [5.41, 5.74) is 7.22. The normalized spacial score (nSPS) is 38.3. The number of hydrogen-bond acceptors (Lipinski definition) is 0. The Balaban J connectivity index is 1.40. The molecule has 2 unspecified atom stereocenters. The van der Waals surface area contributed by atoms with Crippen LogP contribution in [0.4, 0.5) is 0 Å². The number of fused-ring (bicyclic) bond motifs is 1. The third-order valence-corrected chi connectivity index (χ3v) is 9.59. The van der Waals surface area contributed by atoms with Gasteiger partial charge in [0.15, 0.2) is 0 Å². The second kappa shape index (κ2) is 9.62. The van der Waals surface area contributed by atoms with Crippen LogP contribution in [0.3, 0.4) is 0 Å². The topological polar surface area (TPSA) is 0 Å². The molecule has 0 aromatic carbocycles. The summed E-state index contributed by atoms with van der Waals surface area (Å²) in [6.07, 6.45) is 26.9. The summed E-state index contributed by atoms with van der Waals surface area (Å²) in [6, 6.07) is 0. The van der Waals surface area contributed by atoms with E-state index in [0.29, 0.717) is 11.3 Å². The summed E-state index contributed by atoms with van der Waals surface area (Å²) in [7, 11) is 0. The van der Waals surface area contributed by atoms with Crippen molar-refractivity contribution in [1.82, 2.24) is 0 Å². The van der Waals surface area contributed by atoms with Gasteiger partial charge in [-0.2, -0.15) is 0 Å². The molecule has 30 heavy (non-hydrogen) atoms. The van der Waals surface area contributed by atoms with E-state index in [9.17, 15) is 0 Å². The van der Waals surface area contributed by atoms with E-state index in [1.807, 2.05) is 0 Å². The lowest BCUT2D eigenvalue weighted by molar-refractivity contribution is 0.0946. The minimum Gasteiger partial charge on any atom is -0.0996 e. The van der Waals surface area contributed by atoms with Crippen molar-refractivity contribution in [1.29, 1.82) is 0 Å². The molecule has 0 heterocycles. The van der Waals surface area contributed by atoms with Crippen molar-refractivity contribution >= 4 is 0 Å². The first-order valence-electron chi connectivity index (χ1n) is 13.2. The van der Waals surface area contributed by atoms with E-state index in [1.165, 1.54) is 95.5 Å². The lowest BCUT2D eigenvalue weighted by Gasteiger charge is -2.44. The summed E-state index contributed by atoms with van der Waals surface area (Å²) in [4.78, 5) is 0. The Kier molecular flexibility index (Phi) is 7.11. The lowest BCUT2D eigenvalue weighted by Crippen LogP contribution is -2.36. The van der Waals surface area contributed by atoms with Crippen molar-refractivity contribution in [3.8, 4) is 0 Å². The fourth-order valence-electron chi connectivity index (χ4n) is 7.58. The van der Waals surface area contributed by atoms with Gasteiger partial charge in [0.1, 0.15) is 0 Å². The van der Waals surface area contributed by atoms with Crippen LogP contribution >= 0.6 is 0 Å². The number of allylic oxidation sites excluding steroid dienone is 7. The largest absolute Gasteiger partial charge is 0.0996 e. The molecule has 0 bridgehead atoms. The third-order valence-electron chi connectivity index (χ3n) is 9.59. The Hall–Kier alpha value is -1.04. The highest BCUT2D eigenvalue weighted by Gasteiger charge is 2.50. The minimum absolute atomic E-state index is 0.552. The fraction of sp³-hybridized carbons (Fsp3) is 0.733. The minimum atomic E-state index is 0.552. The molecule has 4 aliphatic rings. The third kappa shape index (κ3) is 4.73. The summed E-state index contributed by atoms with van der Waals surface area (Å²) in [5, 5.41) is 0. The molecular weight excluding hydrogens is 360 g/mol. The van der Waals surface area contributed by atoms with Crippen molar-refractivity contribution < 1.29 is 0 Å². The molecule has 0 amide bonds. The van der Waals surface area contributed by atoms with Crippen LogP contribution in [0.5, 0.6) is 0 Å². The summed E-state index contributed by atoms with van der Waals surface area (Å²) < 4.78 is 0. The van der Waals surface area contributed by atoms with Crippen LogP contribution in [0.15, 0.2) is 47.1 Å². The van der Waals surface area contributed by atoms with Crippen molar-refractivity contribution in [2.75, 3.05) is 0 Å². The van der Waals surface area contributed by atoms with E-state index in [1.54, 1.807) is 16.7 Å². The smallest absolute Gasteiger partial charge is 0.0143 e. The van der Waals surface area contributed by atoms with E-state index in [0.717, 1.165) is 17.8 Å². The van der Waals surface area contributed by atoms with Gasteiger partial charge in [0, 0.05) is 0 Å². The first kappa shape index (κ1) is 22.2. The van der Waals surface area contributed by atoms with Crippen LogP contribution in [0.25, 0.3) is 0 Å². The van der Waals surface area contributed by atoms with Crippen LogP contribution in [-0.4, -0.2) is 0 Å². The molecule has 4 aliphatic carbocycles. The fourth-order valence-corrected chi connectivity index (χ4v) is 7.58. The molecule has 0 spiro atoms. The van der Waals surface area contributed by atoms with Crippen molar-refractivity contribution in [2.24, 2.45) is 29.1 Å². The molecule has 0 nitrogen and oxygen atoms in total. The maximum atomic E-state index is 4.25. The van der Waals surface area contributed by atoms with Crippen LogP contribution < -0.4 is 0 Å². The summed E-state index contributed by atoms with van der Waals surface area (Å²) in [6.45, 7) is 11.8. The second-order valence-electron chi connectivity index (χ2n) is 11.5. The first-order chi connectivity index (χ1) is 14.5. The van der Waals surface area contributed by atoms with Gasteiger partial charge in [-0.05, 0) is 119 Å². The van der Waals surface area contributed by atoms with Crippen LogP contribution in [0.1, 0.15) is 111 Å². The molecule has 0 saturated heterocycles. The maximum Gasteiger partial charge on any atom is -0.0143 e. The van der Waals surface area contributed by atoms with Crippen molar-refractivity contribution in [3.63, 3.8) is 0 Å². The van der Waals surface area contributed by atoms with Gasteiger partial charge in [0.05, 0.1) is 0 Å². The Labute approximate surface area is 187 Å². The molecule has 166 valence electrons. The monoisotopic (exact) mass is 406 g/mol. The standard InChI is InChI=1S/C30H46/c1-22-14-15-26(21-24(22)3)16-17-27-13-8-20-30(4)28(18-19-29(27)30)23(2)9-7-12-25-10-5-6-11-25/h12,16-17,23-24,28-29H,1,5-11,13-15,18-21H2,2-4H3/b26-16-,27-17+/t23-,24+,28?,29?,30+/m0/s1. The zero-order chi connectivity index (χ0) is 21.1. The quantitative estimate of drug-likeness (QED) is 0.399. The molecule has 0 aromatic heterocycles. The average Bonchev–Trinajstić information content (AvgIpc) is 3.36. The zero-order valence-electron chi connectivity index (χ0n) is 20.1. The molecule has 0 aromatic rings. The van der Waals surface area contributed by atoms with E-state index in [2.05, 4.69) is 45.6 Å². The second-order valence-corrected chi connectivity index (χ2v) is 11.5. The zero-order valence-corrected chi connectivity index (χ0v) is 20.1. The molecule has 0 heteroatoms. The first-order valence-corrected chi connectivity index (χ1v) is 13.2. The van der Waals surface area contributed by atoms with E-state index >= 15 is 0 Å². The lowest BCUT2D eigenvalue weighted by atomic mass is 9.60. The predicted molar refractivity (Wildman–Crippen MR) is 131 cm³/mol. The highest BCUT2D eigenvalue weighted by atomic mass is 14.5. The van der Waals surface area contributed by atoms with Gasteiger partial charge >= 0.3 is 0 Å². The molecule has 4 rings (SSSR count). The van der Waals surface area contributed by atoms with Crippen molar-refractivity contribution in [3.05, 3.63) is 47.1 Å². The molecular formula is C30H46. The molecule has 0 N–H and O–H groups in total. The van der Waals surface area contributed by atoms with Gasteiger partial charge in [-0.25, -0.2) is 0 Å². The van der Waals surface area contributed by atoms with Crippen molar-refractivity contribution in [2.45, 2.75) is 111 Å². The van der Waals surface area contributed by atoms with Gasteiger partial charge in [-0.1, -0.05) is 67.9 Å². The number of rotatable bonds is 5. The van der Waals surface area contributed by atoms with Gasteiger partial charge in [-0.15, -0.1) is 0 Å². The average molecular weight is 407 g/mol. The molecule has 0 radical (unpaired) electrons. The molecule has 0 aliphatic heterocycles. The molecule has 5 atom stereocenters. The molecule has 4 saturated carbocycles. The van der Waals surface area contributed by atoms with Gasteiger partial charge in [-0.3, -0.25) is 0 Å². The molecule has 4 fully saturated rings. The summed E-state index contributed by atoms with van der Waals surface area (Å²) in [5.74, 6) is 3.33. The maximum absolute atomic E-state index is 4.25. The van der Waals surface area contributed by atoms with E-state index in [4.69, 9.17) is 0 Å². The van der Waals surface area contributed by atoms with Crippen LogP contribution in [-0.2, 0) is 0 Å². The highest BCUT2D eigenvalue weighted by Crippen LogP contribution is 2.59. The summed E-state index contributed by atoms with van der Waals surface area (Å²) >= 11 is 0. The van der Waals surface area contributed by atoms with Gasteiger partial charge < -0.3 is 0 Å². The Morgan fingerprint density at radius 3 is 2.57 bits per heavy atom. The number of hydrogen-bond donors (Lipinski definition) is 0. The van der Waals surface area contributed by atoms with E-state index < -0.39 is 0 Å². The predicted octanol–water partition coefficient (Wildman–Crippen LogP) is 9.35. The van der Waals surface area contributed by atoms with Gasteiger partial charge in [0.2, 0.25) is 0 Å². The Bertz CT molecular complexity index is 708. The van der Waals surface area contributed by atoms with Gasteiger partial charge in [0.25, 0.3) is 0 Å². The van der Waals surface area contributed by atoms with E-state index in [-0.39, 0.29) is 0 Å². The Morgan fingerprint density at radius 2 is 1.80 bits per heavy atom. The SMILES string of the molecule is C=C1CC/C(=C/C=C2\CCC[C@@]3(C)C2CCC3[C@@H](C)CCC=C2CCCC2)C[C@H]1C. The highest BCUT2D eigenvalue weighted by molar-refractivity contribution is 5.27.